The van der Waals surface area contributed by atoms with Gasteiger partial charge in [-0.3, -0.25) is 4.98 Å². The molecule has 0 spiro atoms. The van der Waals surface area contributed by atoms with Gasteiger partial charge in [0.2, 0.25) is 0 Å². The van der Waals surface area contributed by atoms with E-state index >= 15 is 0 Å². The average molecular weight is 258 g/mol. The fourth-order valence-electron chi connectivity index (χ4n) is 1.87. The molecule has 0 bridgehead atoms. The first-order valence-corrected chi connectivity index (χ1v) is 6.24. The molecule has 1 aromatic heterocycles. The van der Waals surface area contributed by atoms with Gasteiger partial charge in [0.05, 0.1) is 12.8 Å². The number of aromatic nitrogens is 1. The molecule has 1 aromatic carbocycles. The molecule has 0 fully saturated rings. The minimum Gasteiger partial charge on any atom is -0.493 e. The molecular formula is C15H18N2O2. The first-order valence-electron chi connectivity index (χ1n) is 6.24. The van der Waals surface area contributed by atoms with Crippen LogP contribution >= 0.6 is 0 Å². The van der Waals surface area contributed by atoms with Crippen LogP contribution in [0, 0.1) is 0 Å². The molecule has 0 aliphatic heterocycles. The predicted octanol–water partition coefficient (Wildman–Crippen LogP) is 2.17. The molecule has 19 heavy (non-hydrogen) atoms. The van der Waals surface area contributed by atoms with Crippen molar-refractivity contribution in [3.8, 4) is 11.5 Å². The highest BCUT2D eigenvalue weighted by Crippen LogP contribution is 2.31. The third kappa shape index (κ3) is 3.45. The summed E-state index contributed by atoms with van der Waals surface area (Å²) in [6.45, 7) is 0.992. The number of benzene rings is 1. The van der Waals surface area contributed by atoms with Gasteiger partial charge in [0, 0.05) is 6.20 Å². The maximum absolute atomic E-state index is 5.85. The molecule has 4 heteroatoms. The third-order valence-electron chi connectivity index (χ3n) is 2.78. The molecule has 0 saturated heterocycles. The molecule has 4 nitrogen and oxygen atoms in total. The Morgan fingerprint density at radius 1 is 1.16 bits per heavy atom. The topological polar surface area (TPSA) is 57.4 Å². The summed E-state index contributed by atoms with van der Waals surface area (Å²) in [7, 11) is 1.63. The number of methoxy groups -OCH3 is 1. The summed E-state index contributed by atoms with van der Waals surface area (Å²) in [6.07, 6.45) is 2.51. The van der Waals surface area contributed by atoms with Crippen LogP contribution in [-0.2, 0) is 13.0 Å². The zero-order valence-corrected chi connectivity index (χ0v) is 11.0. The Balaban J connectivity index is 2.17. The van der Waals surface area contributed by atoms with Crippen molar-refractivity contribution < 1.29 is 9.47 Å². The van der Waals surface area contributed by atoms with E-state index in [1.807, 2.05) is 36.4 Å². The van der Waals surface area contributed by atoms with Crippen molar-refractivity contribution in [1.29, 1.82) is 0 Å². The lowest BCUT2D eigenvalue weighted by Crippen LogP contribution is -2.07. The highest BCUT2D eigenvalue weighted by Gasteiger charge is 2.10. The van der Waals surface area contributed by atoms with Crippen molar-refractivity contribution in [3.63, 3.8) is 0 Å². The lowest BCUT2D eigenvalue weighted by molar-refractivity contribution is 0.277. The summed E-state index contributed by atoms with van der Waals surface area (Å²) in [5, 5.41) is 0. The van der Waals surface area contributed by atoms with Gasteiger partial charge in [0.25, 0.3) is 0 Å². The van der Waals surface area contributed by atoms with Gasteiger partial charge in [0.1, 0.15) is 6.61 Å². The Bertz CT molecular complexity index is 515. The molecule has 2 N–H and O–H groups in total. The van der Waals surface area contributed by atoms with E-state index in [-0.39, 0.29) is 0 Å². The van der Waals surface area contributed by atoms with Crippen LogP contribution in [-0.4, -0.2) is 18.6 Å². The number of para-hydroxylation sites is 1. The lowest BCUT2D eigenvalue weighted by Gasteiger charge is -2.14. The summed E-state index contributed by atoms with van der Waals surface area (Å²) < 4.78 is 11.2. The van der Waals surface area contributed by atoms with Crippen molar-refractivity contribution in [1.82, 2.24) is 4.98 Å². The summed E-state index contributed by atoms with van der Waals surface area (Å²) in [6, 6.07) is 11.6. The Kier molecular flexibility index (Phi) is 4.75. The Morgan fingerprint density at radius 3 is 2.74 bits per heavy atom. The highest BCUT2D eigenvalue weighted by atomic mass is 16.5. The Morgan fingerprint density at radius 2 is 2.05 bits per heavy atom. The maximum Gasteiger partial charge on any atom is 0.164 e. The van der Waals surface area contributed by atoms with Gasteiger partial charge in [-0.15, -0.1) is 0 Å². The van der Waals surface area contributed by atoms with Gasteiger partial charge < -0.3 is 15.2 Å². The van der Waals surface area contributed by atoms with Crippen LogP contribution in [0.4, 0.5) is 0 Å². The summed E-state index contributed by atoms with van der Waals surface area (Å²) in [5.41, 5.74) is 7.55. The van der Waals surface area contributed by atoms with Crippen molar-refractivity contribution in [2.45, 2.75) is 13.0 Å². The van der Waals surface area contributed by atoms with Gasteiger partial charge in [-0.05, 0) is 36.7 Å². The maximum atomic E-state index is 5.85. The molecule has 0 aliphatic carbocycles. The molecular weight excluding hydrogens is 240 g/mol. The minimum absolute atomic E-state index is 0.415. The normalized spacial score (nSPS) is 10.2. The molecule has 2 rings (SSSR count). The third-order valence-corrected chi connectivity index (χ3v) is 2.78. The molecule has 0 amide bonds. The number of pyridine rings is 1. The van der Waals surface area contributed by atoms with Crippen LogP contribution in [0.3, 0.4) is 0 Å². The van der Waals surface area contributed by atoms with Crippen molar-refractivity contribution >= 4 is 0 Å². The van der Waals surface area contributed by atoms with E-state index in [4.69, 9.17) is 15.2 Å². The number of rotatable bonds is 6. The lowest BCUT2D eigenvalue weighted by atomic mass is 10.1. The SMILES string of the molecule is COc1cccc(CCN)c1OCc1ccccn1. The summed E-state index contributed by atoms with van der Waals surface area (Å²) in [4.78, 5) is 4.23. The molecule has 100 valence electrons. The molecule has 1 heterocycles. The molecule has 0 radical (unpaired) electrons. The molecule has 0 atom stereocenters. The van der Waals surface area contributed by atoms with Gasteiger partial charge in [-0.2, -0.15) is 0 Å². The van der Waals surface area contributed by atoms with Gasteiger partial charge in [-0.25, -0.2) is 0 Å². The van der Waals surface area contributed by atoms with E-state index < -0.39 is 0 Å². The number of nitrogens with zero attached hydrogens (tertiary/aromatic N) is 1. The van der Waals surface area contributed by atoms with Crippen LogP contribution in [0.25, 0.3) is 0 Å². The van der Waals surface area contributed by atoms with Crippen molar-refractivity contribution in [2.24, 2.45) is 5.73 Å². The van der Waals surface area contributed by atoms with Crippen LogP contribution in [0.5, 0.6) is 11.5 Å². The largest absolute Gasteiger partial charge is 0.493 e. The number of ether oxygens (including phenoxy) is 2. The highest BCUT2D eigenvalue weighted by molar-refractivity contribution is 5.46. The first-order chi connectivity index (χ1) is 9.35. The fraction of sp³-hybridized carbons (Fsp3) is 0.267. The zero-order chi connectivity index (χ0) is 13.5. The molecule has 2 aromatic rings. The van der Waals surface area contributed by atoms with E-state index in [1.165, 1.54) is 0 Å². The summed E-state index contributed by atoms with van der Waals surface area (Å²) >= 11 is 0. The van der Waals surface area contributed by atoms with Gasteiger partial charge in [-0.1, -0.05) is 18.2 Å². The van der Waals surface area contributed by atoms with E-state index in [0.29, 0.717) is 13.2 Å². The quantitative estimate of drug-likeness (QED) is 0.862. The number of hydrogen-bond donors (Lipinski definition) is 1. The molecule has 0 aliphatic rings. The van der Waals surface area contributed by atoms with Crippen LogP contribution in [0.15, 0.2) is 42.6 Å². The van der Waals surface area contributed by atoms with Crippen LogP contribution in [0.1, 0.15) is 11.3 Å². The standard InChI is InChI=1S/C15H18N2O2/c1-18-14-7-4-5-12(8-9-16)15(14)19-11-13-6-2-3-10-17-13/h2-7,10H,8-9,11,16H2,1H3. The van der Waals surface area contributed by atoms with Gasteiger partial charge in [0.15, 0.2) is 11.5 Å². The second kappa shape index (κ2) is 6.75. The van der Waals surface area contributed by atoms with Crippen LogP contribution in [0.2, 0.25) is 0 Å². The van der Waals surface area contributed by atoms with E-state index in [9.17, 15) is 0 Å². The van der Waals surface area contributed by atoms with Crippen LogP contribution < -0.4 is 15.2 Å². The monoisotopic (exact) mass is 258 g/mol. The number of nitrogens with two attached hydrogens (primary N) is 1. The van der Waals surface area contributed by atoms with E-state index in [0.717, 1.165) is 29.2 Å². The van der Waals surface area contributed by atoms with Gasteiger partial charge >= 0.3 is 0 Å². The smallest absolute Gasteiger partial charge is 0.164 e. The second-order valence-electron chi connectivity index (χ2n) is 4.10. The Labute approximate surface area is 113 Å². The zero-order valence-electron chi connectivity index (χ0n) is 11.0. The minimum atomic E-state index is 0.415. The van der Waals surface area contributed by atoms with Crippen molar-refractivity contribution in [2.75, 3.05) is 13.7 Å². The Hall–Kier alpha value is -2.07. The van der Waals surface area contributed by atoms with Crippen molar-refractivity contribution in [3.05, 3.63) is 53.9 Å². The molecule has 0 saturated carbocycles. The summed E-state index contributed by atoms with van der Waals surface area (Å²) in [5.74, 6) is 1.47. The number of hydrogen-bond acceptors (Lipinski definition) is 4. The van der Waals surface area contributed by atoms with E-state index in [2.05, 4.69) is 4.98 Å². The fourth-order valence-corrected chi connectivity index (χ4v) is 1.87. The van der Waals surface area contributed by atoms with E-state index in [1.54, 1.807) is 13.3 Å². The first kappa shape index (κ1) is 13.4. The molecule has 0 unspecified atom stereocenters. The second-order valence-corrected chi connectivity index (χ2v) is 4.10. The average Bonchev–Trinajstić information content (AvgIpc) is 2.47. The predicted molar refractivity (Wildman–Crippen MR) is 74.3 cm³/mol.